The average molecular weight is 322 g/mol. The van der Waals surface area contributed by atoms with E-state index in [0.29, 0.717) is 21.3 Å². The normalized spacial score (nSPS) is 10.7. The van der Waals surface area contributed by atoms with Crippen LogP contribution in [-0.2, 0) is 11.2 Å². The molecule has 0 bridgehead atoms. The molecule has 0 fully saturated rings. The second-order valence-corrected chi connectivity index (χ2v) is 5.84. The Balaban J connectivity index is 2.14. The van der Waals surface area contributed by atoms with Crippen molar-refractivity contribution < 1.29 is 24.2 Å². The van der Waals surface area contributed by atoms with E-state index in [2.05, 4.69) is 0 Å². The first-order valence-corrected chi connectivity index (χ1v) is 7.99. The molecule has 2 N–H and O–H groups in total. The summed E-state index contributed by atoms with van der Waals surface area (Å²) < 4.78 is 23.2. The van der Waals surface area contributed by atoms with E-state index in [9.17, 15) is 4.55 Å². The van der Waals surface area contributed by atoms with Crippen LogP contribution in [-0.4, -0.2) is 41.2 Å². The summed E-state index contributed by atoms with van der Waals surface area (Å²) in [6.45, 7) is 0.246. The van der Waals surface area contributed by atoms with Crippen LogP contribution in [0.2, 0.25) is 0 Å². The van der Waals surface area contributed by atoms with Gasteiger partial charge in [0.1, 0.15) is 24.7 Å². The molecular formula is C16H18O5S. The van der Waals surface area contributed by atoms with E-state index >= 15 is 0 Å². The highest BCUT2D eigenvalue weighted by Gasteiger charge is 2.16. The lowest BCUT2D eigenvalue weighted by Crippen LogP contribution is -2.06. The van der Waals surface area contributed by atoms with Crippen LogP contribution in [0.15, 0.2) is 58.3 Å². The first-order chi connectivity index (χ1) is 10.7. The first-order valence-electron chi connectivity index (χ1n) is 6.84. The van der Waals surface area contributed by atoms with Crippen LogP contribution in [0.5, 0.6) is 11.5 Å². The van der Waals surface area contributed by atoms with Crippen LogP contribution in [0.1, 0.15) is 0 Å². The third-order valence-electron chi connectivity index (χ3n) is 2.76. The van der Waals surface area contributed by atoms with Crippen molar-refractivity contribution in [2.24, 2.45) is 0 Å². The van der Waals surface area contributed by atoms with Crippen LogP contribution in [0.3, 0.4) is 0 Å². The van der Waals surface area contributed by atoms with E-state index in [1.54, 1.807) is 48.5 Å². The molecule has 0 unspecified atom stereocenters. The third kappa shape index (κ3) is 4.64. The molecule has 0 aliphatic heterocycles. The fraction of sp³-hybridized carbons (Fsp3) is 0.250. The zero-order valence-electron chi connectivity index (χ0n) is 12.0. The summed E-state index contributed by atoms with van der Waals surface area (Å²) in [5, 5.41) is 17.5. The Morgan fingerprint density at radius 3 is 1.68 bits per heavy atom. The van der Waals surface area contributed by atoms with Crippen molar-refractivity contribution in [2.45, 2.75) is 9.79 Å². The molecule has 0 saturated heterocycles. The van der Waals surface area contributed by atoms with E-state index in [-0.39, 0.29) is 26.4 Å². The molecule has 2 aromatic carbocycles. The van der Waals surface area contributed by atoms with Crippen LogP contribution < -0.4 is 9.47 Å². The highest BCUT2D eigenvalue weighted by atomic mass is 32.2. The lowest BCUT2D eigenvalue weighted by Gasteiger charge is -2.12. The van der Waals surface area contributed by atoms with Gasteiger partial charge in [-0.05, 0) is 24.3 Å². The summed E-state index contributed by atoms with van der Waals surface area (Å²) in [5.41, 5.74) is 0. The predicted octanol–water partition coefficient (Wildman–Crippen LogP) is 1.60. The van der Waals surface area contributed by atoms with E-state index in [1.165, 1.54) is 0 Å². The number of aliphatic hydroxyl groups is 2. The van der Waals surface area contributed by atoms with Crippen molar-refractivity contribution in [1.29, 1.82) is 0 Å². The number of benzene rings is 2. The predicted molar refractivity (Wildman–Crippen MR) is 82.7 cm³/mol. The Morgan fingerprint density at radius 1 is 0.818 bits per heavy atom. The van der Waals surface area contributed by atoms with Gasteiger partial charge >= 0.3 is 0 Å². The molecule has 2 aromatic rings. The molecule has 0 spiro atoms. The van der Waals surface area contributed by atoms with Gasteiger partial charge in [0.15, 0.2) is 9.79 Å². The molecule has 2 rings (SSSR count). The van der Waals surface area contributed by atoms with Gasteiger partial charge in [-0.15, -0.1) is 0 Å². The lowest BCUT2D eigenvalue weighted by molar-refractivity contribution is 0.201. The summed E-state index contributed by atoms with van der Waals surface area (Å²) in [4.78, 5) is 1.21. The van der Waals surface area contributed by atoms with Crippen LogP contribution in [0.4, 0.5) is 0 Å². The lowest BCUT2D eigenvalue weighted by atomic mass is 10.3. The van der Waals surface area contributed by atoms with Gasteiger partial charge in [0.2, 0.25) is 0 Å². The van der Waals surface area contributed by atoms with Crippen molar-refractivity contribution in [3.63, 3.8) is 0 Å². The molecular weight excluding hydrogens is 304 g/mol. The molecule has 118 valence electrons. The van der Waals surface area contributed by atoms with Crippen LogP contribution in [0, 0.1) is 0 Å². The Labute approximate surface area is 132 Å². The highest BCUT2D eigenvalue weighted by molar-refractivity contribution is 7.91. The fourth-order valence-corrected chi connectivity index (χ4v) is 2.94. The monoisotopic (exact) mass is 322 g/mol. The summed E-state index contributed by atoms with van der Waals surface area (Å²) >= 11 is -1.36. The minimum atomic E-state index is -1.36. The smallest absolute Gasteiger partial charge is 0.162 e. The van der Waals surface area contributed by atoms with E-state index in [1.807, 2.05) is 0 Å². The zero-order chi connectivity index (χ0) is 15.8. The molecule has 6 heteroatoms. The van der Waals surface area contributed by atoms with Crippen molar-refractivity contribution in [1.82, 2.24) is 0 Å². The molecule has 5 nitrogen and oxygen atoms in total. The molecule has 22 heavy (non-hydrogen) atoms. The topological polar surface area (TPSA) is 82.0 Å². The van der Waals surface area contributed by atoms with Gasteiger partial charge in [-0.3, -0.25) is 0 Å². The Hall–Kier alpha value is -1.73. The number of ether oxygens (including phenoxy) is 2. The van der Waals surface area contributed by atoms with Crippen molar-refractivity contribution in [3.05, 3.63) is 48.5 Å². The van der Waals surface area contributed by atoms with Crippen molar-refractivity contribution in [3.8, 4) is 11.5 Å². The summed E-state index contributed by atoms with van der Waals surface area (Å²) in [6, 6.07) is 13.9. The minimum Gasteiger partial charge on any atom is -0.606 e. The SMILES string of the molecule is [O-][S+](c1cccc(OCCO)c1)c1cccc(OCCO)c1. The standard InChI is InChI=1S/C16H18O5S/c17-7-9-20-13-3-1-5-15(11-13)22(19)16-6-2-4-14(12-16)21-10-8-18/h1-6,11-12,17-18H,7-10H2. The maximum Gasteiger partial charge on any atom is 0.162 e. The Kier molecular flexibility index (Phi) is 6.54. The Morgan fingerprint density at radius 2 is 1.27 bits per heavy atom. The Bertz CT molecular complexity index is 539. The quantitative estimate of drug-likeness (QED) is 0.721. The van der Waals surface area contributed by atoms with E-state index in [4.69, 9.17) is 19.7 Å². The molecule has 0 radical (unpaired) electrons. The largest absolute Gasteiger partial charge is 0.606 e. The molecule has 0 aliphatic rings. The number of rotatable bonds is 8. The summed E-state index contributed by atoms with van der Waals surface area (Å²) in [7, 11) is 0. The molecule has 0 aliphatic carbocycles. The minimum absolute atomic E-state index is 0.0719. The first kappa shape index (κ1) is 16.6. The molecule has 0 aromatic heterocycles. The zero-order valence-corrected chi connectivity index (χ0v) is 12.8. The van der Waals surface area contributed by atoms with E-state index < -0.39 is 11.2 Å². The number of hydrogen-bond acceptors (Lipinski definition) is 5. The van der Waals surface area contributed by atoms with Gasteiger partial charge in [-0.1, -0.05) is 12.1 Å². The second-order valence-electron chi connectivity index (χ2n) is 4.36. The maximum absolute atomic E-state index is 12.6. The maximum atomic E-state index is 12.6. The number of aliphatic hydroxyl groups excluding tert-OH is 2. The molecule has 0 heterocycles. The van der Waals surface area contributed by atoms with Crippen LogP contribution >= 0.6 is 0 Å². The van der Waals surface area contributed by atoms with Gasteiger partial charge in [0.05, 0.1) is 13.2 Å². The van der Waals surface area contributed by atoms with Crippen molar-refractivity contribution >= 4 is 11.2 Å². The third-order valence-corrected chi connectivity index (χ3v) is 4.12. The molecule has 0 saturated carbocycles. The second kappa shape index (κ2) is 8.65. The molecule has 0 amide bonds. The van der Waals surface area contributed by atoms with Crippen molar-refractivity contribution in [2.75, 3.05) is 26.4 Å². The van der Waals surface area contributed by atoms with E-state index in [0.717, 1.165) is 0 Å². The average Bonchev–Trinajstić information content (AvgIpc) is 2.58. The van der Waals surface area contributed by atoms with Crippen LogP contribution in [0.25, 0.3) is 0 Å². The summed E-state index contributed by atoms with van der Waals surface area (Å²) in [6.07, 6.45) is 0. The van der Waals surface area contributed by atoms with Gasteiger partial charge < -0.3 is 24.2 Å². The fourth-order valence-electron chi connectivity index (χ4n) is 1.82. The van der Waals surface area contributed by atoms with Gasteiger partial charge in [-0.25, -0.2) is 0 Å². The summed E-state index contributed by atoms with van der Waals surface area (Å²) in [5.74, 6) is 1.13. The van der Waals surface area contributed by atoms with Gasteiger partial charge in [0, 0.05) is 23.3 Å². The van der Waals surface area contributed by atoms with Gasteiger partial charge in [-0.2, -0.15) is 0 Å². The molecule has 0 atom stereocenters. The van der Waals surface area contributed by atoms with Gasteiger partial charge in [0.25, 0.3) is 0 Å². The highest BCUT2D eigenvalue weighted by Crippen LogP contribution is 2.26. The number of hydrogen-bond donors (Lipinski definition) is 2.